The monoisotopic (exact) mass is 154 g/mol. The maximum absolute atomic E-state index is 3.81. The molecule has 0 amide bonds. The molecule has 0 aromatic rings. The molecule has 11 heavy (non-hydrogen) atoms. The van der Waals surface area contributed by atoms with Crippen molar-refractivity contribution < 1.29 is 0 Å². The van der Waals surface area contributed by atoms with Crippen LogP contribution in [0.25, 0.3) is 0 Å². The molecule has 0 aliphatic heterocycles. The lowest BCUT2D eigenvalue weighted by Crippen LogP contribution is -2.09. The standard InChI is InChI=1S/C9H16.C2H6/c1-3-9-6-4-8(2)5-7-9;1-2/h3,8-9H,1,4-7H2,2H3;1-2H3. The lowest BCUT2D eigenvalue weighted by atomic mass is 9.83. The predicted molar refractivity (Wildman–Crippen MR) is 52.7 cm³/mol. The first-order valence-electron chi connectivity index (χ1n) is 4.95. The first kappa shape index (κ1) is 10.7. The van der Waals surface area contributed by atoms with Crippen LogP contribution in [0.15, 0.2) is 12.7 Å². The maximum Gasteiger partial charge on any atom is -0.0236 e. The Bertz CT molecular complexity index is 86.2. The molecular formula is C11H22. The van der Waals surface area contributed by atoms with Crippen molar-refractivity contribution in [2.75, 3.05) is 0 Å². The van der Waals surface area contributed by atoms with Gasteiger partial charge in [-0.2, -0.15) is 0 Å². The van der Waals surface area contributed by atoms with E-state index in [1.807, 2.05) is 13.8 Å². The van der Waals surface area contributed by atoms with Gasteiger partial charge in [-0.25, -0.2) is 0 Å². The van der Waals surface area contributed by atoms with Gasteiger partial charge < -0.3 is 0 Å². The first-order chi connectivity index (χ1) is 5.33. The fourth-order valence-electron chi connectivity index (χ4n) is 1.52. The molecule has 0 saturated heterocycles. The van der Waals surface area contributed by atoms with Gasteiger partial charge in [0.05, 0.1) is 0 Å². The van der Waals surface area contributed by atoms with Crippen molar-refractivity contribution in [1.29, 1.82) is 0 Å². The van der Waals surface area contributed by atoms with Crippen molar-refractivity contribution in [2.24, 2.45) is 11.8 Å². The van der Waals surface area contributed by atoms with E-state index in [1.165, 1.54) is 25.7 Å². The Morgan fingerprint density at radius 3 is 1.91 bits per heavy atom. The summed E-state index contributed by atoms with van der Waals surface area (Å²) in [5.41, 5.74) is 0. The average molecular weight is 154 g/mol. The van der Waals surface area contributed by atoms with Crippen molar-refractivity contribution in [3.63, 3.8) is 0 Å². The largest absolute Gasteiger partial charge is 0.103 e. The molecule has 1 aliphatic carbocycles. The minimum absolute atomic E-state index is 0.834. The summed E-state index contributed by atoms with van der Waals surface area (Å²) in [7, 11) is 0. The summed E-state index contributed by atoms with van der Waals surface area (Å²) in [6, 6.07) is 0. The van der Waals surface area contributed by atoms with E-state index in [1.54, 1.807) is 0 Å². The normalized spacial score (nSPS) is 30.1. The van der Waals surface area contributed by atoms with Crippen LogP contribution in [-0.2, 0) is 0 Å². The molecule has 1 saturated carbocycles. The highest BCUT2D eigenvalue weighted by Crippen LogP contribution is 2.28. The van der Waals surface area contributed by atoms with Gasteiger partial charge in [0.15, 0.2) is 0 Å². The molecule has 0 spiro atoms. The predicted octanol–water partition coefficient (Wildman–Crippen LogP) is 4.02. The van der Waals surface area contributed by atoms with E-state index < -0.39 is 0 Å². The molecule has 66 valence electrons. The van der Waals surface area contributed by atoms with Crippen LogP contribution in [0.5, 0.6) is 0 Å². The second kappa shape index (κ2) is 6.45. The first-order valence-corrected chi connectivity index (χ1v) is 4.95. The third-order valence-corrected chi connectivity index (χ3v) is 2.39. The summed E-state index contributed by atoms with van der Waals surface area (Å²) in [6.45, 7) is 10.2. The van der Waals surface area contributed by atoms with Crippen LogP contribution in [-0.4, -0.2) is 0 Å². The van der Waals surface area contributed by atoms with Crippen LogP contribution in [0.1, 0.15) is 46.5 Å². The molecule has 0 heteroatoms. The molecule has 1 fully saturated rings. The second-order valence-electron chi connectivity index (χ2n) is 3.26. The minimum Gasteiger partial charge on any atom is -0.103 e. The van der Waals surface area contributed by atoms with Crippen LogP contribution in [0.2, 0.25) is 0 Å². The van der Waals surface area contributed by atoms with Gasteiger partial charge in [-0.1, -0.05) is 39.7 Å². The molecule has 0 bridgehead atoms. The highest BCUT2D eigenvalue weighted by atomic mass is 14.2. The number of hydrogen-bond acceptors (Lipinski definition) is 0. The molecule has 0 nitrogen and oxygen atoms in total. The zero-order chi connectivity index (χ0) is 8.69. The SMILES string of the molecule is C=CC1CCC(C)CC1.CC. The zero-order valence-corrected chi connectivity index (χ0v) is 8.27. The number of rotatable bonds is 1. The van der Waals surface area contributed by atoms with Gasteiger partial charge in [-0.15, -0.1) is 6.58 Å². The number of hydrogen-bond donors (Lipinski definition) is 0. The van der Waals surface area contributed by atoms with Crippen molar-refractivity contribution in [2.45, 2.75) is 46.5 Å². The van der Waals surface area contributed by atoms with E-state index in [0.717, 1.165) is 11.8 Å². The minimum atomic E-state index is 0.834. The Kier molecular flexibility index (Phi) is 6.30. The molecule has 0 atom stereocenters. The molecule has 0 radical (unpaired) electrons. The molecular weight excluding hydrogens is 132 g/mol. The topological polar surface area (TPSA) is 0 Å². The fraction of sp³-hybridized carbons (Fsp3) is 0.818. The van der Waals surface area contributed by atoms with Gasteiger partial charge in [0.1, 0.15) is 0 Å². The molecule has 0 aromatic carbocycles. The molecule has 0 unspecified atom stereocenters. The van der Waals surface area contributed by atoms with E-state index in [4.69, 9.17) is 0 Å². The summed E-state index contributed by atoms with van der Waals surface area (Å²) in [6.07, 6.45) is 7.70. The van der Waals surface area contributed by atoms with Crippen LogP contribution in [0, 0.1) is 11.8 Å². The highest BCUT2D eigenvalue weighted by molar-refractivity contribution is 4.82. The van der Waals surface area contributed by atoms with Crippen molar-refractivity contribution in [1.82, 2.24) is 0 Å². The summed E-state index contributed by atoms with van der Waals surface area (Å²) in [5.74, 6) is 1.81. The second-order valence-corrected chi connectivity index (χ2v) is 3.26. The quantitative estimate of drug-likeness (QED) is 0.500. The van der Waals surface area contributed by atoms with Crippen molar-refractivity contribution in [3.05, 3.63) is 12.7 Å². The Hall–Kier alpha value is -0.260. The van der Waals surface area contributed by atoms with E-state index in [2.05, 4.69) is 19.6 Å². The van der Waals surface area contributed by atoms with Crippen LogP contribution in [0.4, 0.5) is 0 Å². The van der Waals surface area contributed by atoms with Gasteiger partial charge in [0.2, 0.25) is 0 Å². The summed E-state index contributed by atoms with van der Waals surface area (Å²) in [5, 5.41) is 0. The fourth-order valence-corrected chi connectivity index (χ4v) is 1.52. The van der Waals surface area contributed by atoms with Gasteiger partial charge in [0.25, 0.3) is 0 Å². The molecule has 0 heterocycles. The Morgan fingerprint density at radius 2 is 1.55 bits per heavy atom. The molecule has 0 N–H and O–H groups in total. The van der Waals surface area contributed by atoms with Gasteiger partial charge >= 0.3 is 0 Å². The highest BCUT2D eigenvalue weighted by Gasteiger charge is 2.14. The summed E-state index contributed by atoms with van der Waals surface area (Å²) in [4.78, 5) is 0. The maximum atomic E-state index is 3.81. The molecule has 1 rings (SSSR count). The third-order valence-electron chi connectivity index (χ3n) is 2.39. The summed E-state index contributed by atoms with van der Waals surface area (Å²) < 4.78 is 0. The average Bonchev–Trinajstić information content (AvgIpc) is 2.10. The van der Waals surface area contributed by atoms with Crippen molar-refractivity contribution in [3.8, 4) is 0 Å². The van der Waals surface area contributed by atoms with Crippen LogP contribution < -0.4 is 0 Å². The molecule has 0 aromatic heterocycles. The van der Waals surface area contributed by atoms with E-state index in [0.29, 0.717) is 0 Å². The van der Waals surface area contributed by atoms with Gasteiger partial charge in [-0.3, -0.25) is 0 Å². The van der Waals surface area contributed by atoms with E-state index >= 15 is 0 Å². The van der Waals surface area contributed by atoms with Gasteiger partial charge in [0, 0.05) is 0 Å². The molecule has 1 aliphatic rings. The lowest BCUT2D eigenvalue weighted by Gasteiger charge is -2.23. The summed E-state index contributed by atoms with van der Waals surface area (Å²) >= 11 is 0. The van der Waals surface area contributed by atoms with Crippen molar-refractivity contribution >= 4 is 0 Å². The Balaban J connectivity index is 0.000000461. The zero-order valence-electron chi connectivity index (χ0n) is 8.27. The lowest BCUT2D eigenvalue weighted by molar-refractivity contribution is 0.331. The number of allylic oxidation sites excluding steroid dienone is 1. The van der Waals surface area contributed by atoms with E-state index in [-0.39, 0.29) is 0 Å². The Morgan fingerprint density at radius 1 is 1.09 bits per heavy atom. The van der Waals surface area contributed by atoms with Gasteiger partial charge in [-0.05, 0) is 24.7 Å². The van der Waals surface area contributed by atoms with Crippen LogP contribution in [0.3, 0.4) is 0 Å². The smallest absolute Gasteiger partial charge is 0.0236 e. The van der Waals surface area contributed by atoms with E-state index in [9.17, 15) is 0 Å². The van der Waals surface area contributed by atoms with Crippen LogP contribution >= 0.6 is 0 Å². The Labute approximate surface area is 71.7 Å². The third kappa shape index (κ3) is 4.23.